The highest BCUT2D eigenvalue weighted by Crippen LogP contribution is 2.24. The zero-order valence-corrected chi connectivity index (χ0v) is 18.7. The molecule has 1 amide bonds. The molecule has 0 aliphatic rings. The third kappa shape index (κ3) is 4.35. The molecule has 158 valence electrons. The third-order valence-electron chi connectivity index (χ3n) is 4.19. The van der Waals surface area contributed by atoms with Gasteiger partial charge in [0.05, 0.1) is 21.2 Å². The number of halogens is 1. The van der Waals surface area contributed by atoms with E-state index in [0.717, 1.165) is 15.7 Å². The van der Waals surface area contributed by atoms with E-state index < -0.39 is 15.9 Å². The molecule has 0 unspecified atom stereocenters. The van der Waals surface area contributed by atoms with Gasteiger partial charge in [-0.1, -0.05) is 11.6 Å². The van der Waals surface area contributed by atoms with Gasteiger partial charge < -0.3 is 5.32 Å². The van der Waals surface area contributed by atoms with Crippen molar-refractivity contribution >= 4 is 33.3 Å². The highest BCUT2D eigenvalue weighted by molar-refractivity contribution is 7.89. The first-order valence-electron chi connectivity index (χ1n) is 8.92. The van der Waals surface area contributed by atoms with Gasteiger partial charge >= 0.3 is 0 Å². The lowest BCUT2D eigenvalue weighted by Crippen LogP contribution is -2.23. The van der Waals surface area contributed by atoms with Crippen molar-refractivity contribution in [2.75, 3.05) is 19.4 Å². The fourth-order valence-electron chi connectivity index (χ4n) is 2.78. The summed E-state index contributed by atoms with van der Waals surface area (Å²) in [6, 6.07) is 7.46. The van der Waals surface area contributed by atoms with Gasteiger partial charge in [-0.05, 0) is 45.0 Å². The topological polar surface area (TPSA) is 110 Å². The van der Waals surface area contributed by atoms with Crippen molar-refractivity contribution in [1.82, 2.24) is 24.1 Å². The van der Waals surface area contributed by atoms with Crippen LogP contribution in [0.25, 0.3) is 5.95 Å². The molecule has 0 spiro atoms. The first kappa shape index (κ1) is 21.9. The van der Waals surface area contributed by atoms with Crippen molar-refractivity contribution in [3.63, 3.8) is 0 Å². The summed E-state index contributed by atoms with van der Waals surface area (Å²) in [6.07, 6.45) is 0. The Morgan fingerprint density at radius 3 is 2.27 bits per heavy atom. The van der Waals surface area contributed by atoms with Gasteiger partial charge in [0.2, 0.25) is 10.0 Å². The maximum absolute atomic E-state index is 12.9. The summed E-state index contributed by atoms with van der Waals surface area (Å²) in [4.78, 5) is 21.6. The second-order valence-corrected chi connectivity index (χ2v) is 9.48. The Bertz CT molecular complexity index is 1220. The highest BCUT2D eigenvalue weighted by atomic mass is 35.5. The quantitative estimate of drug-likeness (QED) is 0.642. The van der Waals surface area contributed by atoms with E-state index in [2.05, 4.69) is 20.4 Å². The van der Waals surface area contributed by atoms with Gasteiger partial charge in [-0.15, -0.1) is 0 Å². The van der Waals surface area contributed by atoms with Gasteiger partial charge in [0, 0.05) is 31.5 Å². The lowest BCUT2D eigenvalue weighted by Gasteiger charge is -2.13. The molecule has 0 saturated carbocycles. The first-order chi connectivity index (χ1) is 14.0. The molecule has 3 aromatic rings. The van der Waals surface area contributed by atoms with Crippen LogP contribution in [0.5, 0.6) is 0 Å². The molecule has 30 heavy (non-hydrogen) atoms. The molecule has 1 aromatic carbocycles. The zero-order chi connectivity index (χ0) is 22.2. The summed E-state index contributed by atoms with van der Waals surface area (Å²) in [5.41, 5.74) is 2.18. The van der Waals surface area contributed by atoms with Crippen molar-refractivity contribution in [1.29, 1.82) is 0 Å². The number of nitrogens with zero attached hydrogens (tertiary/aromatic N) is 5. The van der Waals surface area contributed by atoms with E-state index in [9.17, 15) is 13.2 Å². The molecule has 0 bridgehead atoms. The maximum Gasteiger partial charge on any atom is 0.258 e. The number of nitrogens with one attached hydrogen (secondary N) is 1. The highest BCUT2D eigenvalue weighted by Gasteiger charge is 2.22. The van der Waals surface area contributed by atoms with Crippen LogP contribution in [0.1, 0.15) is 27.4 Å². The second-order valence-electron chi connectivity index (χ2n) is 6.92. The van der Waals surface area contributed by atoms with Gasteiger partial charge in [-0.25, -0.2) is 22.7 Å². The smallest absolute Gasteiger partial charge is 0.258 e. The van der Waals surface area contributed by atoms with Crippen LogP contribution in [0, 0.1) is 20.8 Å². The number of amides is 1. The lowest BCUT2D eigenvalue weighted by atomic mass is 10.2. The third-order valence-corrected chi connectivity index (χ3v) is 6.33. The Kier molecular flexibility index (Phi) is 5.93. The van der Waals surface area contributed by atoms with Crippen LogP contribution in [-0.2, 0) is 10.0 Å². The standard InChI is InChI=1S/C19H21ClN6O3S/c1-11-8-12(2)22-19(21-11)26-17(9-13(3)24-26)23-18(27)15-10-14(6-7-16(15)20)30(28,29)25(4)5/h6-10H,1-5H3,(H,23,27). The number of aromatic nitrogens is 4. The van der Waals surface area contributed by atoms with Crippen LogP contribution < -0.4 is 5.32 Å². The summed E-state index contributed by atoms with van der Waals surface area (Å²) in [6.45, 7) is 5.44. The minimum Gasteiger partial charge on any atom is -0.306 e. The summed E-state index contributed by atoms with van der Waals surface area (Å²) in [5, 5.41) is 7.20. The molecule has 3 rings (SSSR count). The summed E-state index contributed by atoms with van der Waals surface area (Å²) < 4.78 is 27.3. The average molecular weight is 449 g/mol. The maximum atomic E-state index is 12.9. The van der Waals surface area contributed by atoms with Crippen molar-refractivity contribution in [2.24, 2.45) is 0 Å². The van der Waals surface area contributed by atoms with Crippen LogP contribution in [0.15, 0.2) is 35.2 Å². The second kappa shape index (κ2) is 8.13. The molecule has 0 fully saturated rings. The van der Waals surface area contributed by atoms with Crippen molar-refractivity contribution in [2.45, 2.75) is 25.7 Å². The molecule has 0 saturated heterocycles. The Morgan fingerprint density at radius 1 is 1.03 bits per heavy atom. The van der Waals surface area contributed by atoms with E-state index in [1.807, 2.05) is 19.9 Å². The van der Waals surface area contributed by atoms with Crippen LogP contribution in [0.4, 0.5) is 5.82 Å². The molecular weight excluding hydrogens is 428 g/mol. The molecule has 9 nitrogen and oxygen atoms in total. The van der Waals surface area contributed by atoms with E-state index in [1.165, 1.54) is 37.0 Å². The Hall–Kier alpha value is -2.82. The van der Waals surface area contributed by atoms with E-state index in [0.29, 0.717) is 17.5 Å². The minimum atomic E-state index is -3.72. The number of aryl methyl sites for hydroxylation is 3. The molecule has 2 aromatic heterocycles. The number of hydrogen-bond donors (Lipinski definition) is 1. The van der Waals surface area contributed by atoms with Gasteiger partial charge in [0.15, 0.2) is 0 Å². The largest absolute Gasteiger partial charge is 0.306 e. The van der Waals surface area contributed by atoms with Gasteiger partial charge in [-0.2, -0.15) is 9.78 Å². The number of rotatable bonds is 5. The van der Waals surface area contributed by atoms with Crippen molar-refractivity contribution in [3.05, 3.63) is 58.0 Å². The molecule has 0 aliphatic carbocycles. The van der Waals surface area contributed by atoms with E-state index in [1.54, 1.807) is 13.0 Å². The van der Waals surface area contributed by atoms with Crippen LogP contribution in [-0.4, -0.2) is 52.5 Å². The minimum absolute atomic E-state index is 0.0198. The SMILES string of the molecule is Cc1cc(C)nc(-n2nc(C)cc2NC(=O)c2cc(S(=O)(=O)N(C)C)ccc2Cl)n1. The Morgan fingerprint density at radius 2 is 1.67 bits per heavy atom. The number of benzene rings is 1. The fourth-order valence-corrected chi connectivity index (χ4v) is 3.91. The van der Waals surface area contributed by atoms with Crippen molar-refractivity contribution < 1.29 is 13.2 Å². The van der Waals surface area contributed by atoms with Gasteiger partial charge in [-0.3, -0.25) is 4.79 Å². The molecule has 1 N–H and O–H groups in total. The lowest BCUT2D eigenvalue weighted by molar-refractivity contribution is 0.102. The molecule has 0 atom stereocenters. The zero-order valence-electron chi connectivity index (χ0n) is 17.1. The van der Waals surface area contributed by atoms with Crippen LogP contribution in [0.2, 0.25) is 5.02 Å². The van der Waals surface area contributed by atoms with Crippen LogP contribution >= 0.6 is 11.6 Å². The number of carbonyl (C=O) groups excluding carboxylic acids is 1. The predicted molar refractivity (Wildman–Crippen MR) is 114 cm³/mol. The molecule has 2 heterocycles. The van der Waals surface area contributed by atoms with E-state index >= 15 is 0 Å². The number of anilines is 1. The summed E-state index contributed by atoms with van der Waals surface area (Å²) in [5.74, 6) is 0.0618. The normalized spacial score (nSPS) is 11.7. The van der Waals surface area contributed by atoms with Gasteiger partial charge in [0.25, 0.3) is 11.9 Å². The Balaban J connectivity index is 2.00. The van der Waals surface area contributed by atoms with Crippen LogP contribution in [0.3, 0.4) is 0 Å². The summed E-state index contributed by atoms with van der Waals surface area (Å²) >= 11 is 6.17. The molecule has 0 aliphatic heterocycles. The monoisotopic (exact) mass is 448 g/mol. The average Bonchev–Trinajstić information content (AvgIpc) is 3.01. The molecular formula is C19H21ClN6O3S. The Labute approximate surface area is 179 Å². The van der Waals surface area contributed by atoms with Gasteiger partial charge in [0.1, 0.15) is 5.82 Å². The van der Waals surface area contributed by atoms with Crippen molar-refractivity contribution in [3.8, 4) is 5.95 Å². The number of hydrogen-bond acceptors (Lipinski definition) is 6. The number of sulfonamides is 1. The molecule has 11 heteroatoms. The van der Waals surface area contributed by atoms with E-state index in [-0.39, 0.29) is 15.5 Å². The predicted octanol–water partition coefficient (Wildman–Crippen LogP) is 2.74. The number of carbonyl (C=O) groups is 1. The van der Waals surface area contributed by atoms with E-state index in [4.69, 9.17) is 11.6 Å². The first-order valence-corrected chi connectivity index (χ1v) is 10.7. The molecule has 0 radical (unpaired) electrons. The summed E-state index contributed by atoms with van der Waals surface area (Å²) in [7, 11) is -0.899. The fraction of sp³-hybridized carbons (Fsp3) is 0.263.